The van der Waals surface area contributed by atoms with E-state index in [0.717, 1.165) is 10.7 Å². The standard InChI is InChI=1S/C13H23NOS/c1-4-5-6-7-8-10(2)12-9-16-13(14-12)11(3)15/h9-11,15H,4-8H2,1-3H3. The summed E-state index contributed by atoms with van der Waals surface area (Å²) in [5, 5.41) is 12.3. The van der Waals surface area contributed by atoms with Crippen LogP contribution in [0.5, 0.6) is 0 Å². The Kier molecular flexibility index (Phi) is 5.99. The molecule has 1 N–H and O–H groups in total. The van der Waals surface area contributed by atoms with Gasteiger partial charge in [0, 0.05) is 5.38 Å². The number of hydrogen-bond acceptors (Lipinski definition) is 3. The number of hydrogen-bond donors (Lipinski definition) is 1. The van der Waals surface area contributed by atoms with E-state index in [2.05, 4.69) is 24.2 Å². The van der Waals surface area contributed by atoms with Gasteiger partial charge in [0.25, 0.3) is 0 Å². The molecule has 3 heteroatoms. The molecule has 0 saturated carbocycles. The second-order valence-electron chi connectivity index (χ2n) is 4.54. The Morgan fingerprint density at radius 3 is 2.62 bits per heavy atom. The van der Waals surface area contributed by atoms with Gasteiger partial charge < -0.3 is 5.11 Å². The van der Waals surface area contributed by atoms with Gasteiger partial charge >= 0.3 is 0 Å². The molecule has 0 spiro atoms. The second-order valence-corrected chi connectivity index (χ2v) is 5.43. The van der Waals surface area contributed by atoms with Crippen molar-refractivity contribution in [1.29, 1.82) is 0 Å². The molecular formula is C13H23NOS. The Bertz CT molecular complexity index is 296. The zero-order valence-electron chi connectivity index (χ0n) is 10.6. The van der Waals surface area contributed by atoms with Gasteiger partial charge in [0.15, 0.2) is 0 Å². The number of aliphatic hydroxyl groups excluding tert-OH is 1. The fraction of sp³-hybridized carbons (Fsp3) is 0.769. The van der Waals surface area contributed by atoms with Crippen molar-refractivity contribution in [1.82, 2.24) is 4.98 Å². The summed E-state index contributed by atoms with van der Waals surface area (Å²) in [5.41, 5.74) is 1.15. The van der Waals surface area contributed by atoms with E-state index in [1.54, 1.807) is 18.3 Å². The molecule has 16 heavy (non-hydrogen) atoms. The third kappa shape index (κ3) is 4.22. The monoisotopic (exact) mass is 241 g/mol. The lowest BCUT2D eigenvalue weighted by molar-refractivity contribution is 0.198. The van der Waals surface area contributed by atoms with Gasteiger partial charge in [-0.1, -0.05) is 39.5 Å². The summed E-state index contributed by atoms with van der Waals surface area (Å²) in [4.78, 5) is 4.48. The lowest BCUT2D eigenvalue weighted by Gasteiger charge is -2.07. The van der Waals surface area contributed by atoms with E-state index in [0.29, 0.717) is 5.92 Å². The van der Waals surface area contributed by atoms with Gasteiger partial charge in [0.2, 0.25) is 0 Å². The molecule has 1 aromatic heterocycles. The van der Waals surface area contributed by atoms with Crippen molar-refractivity contribution in [3.05, 3.63) is 16.1 Å². The molecule has 2 unspecified atom stereocenters. The number of rotatable bonds is 7. The number of thiazole rings is 1. The lowest BCUT2D eigenvalue weighted by atomic mass is 10.0. The van der Waals surface area contributed by atoms with Crippen LogP contribution in [0.25, 0.3) is 0 Å². The van der Waals surface area contributed by atoms with Crippen molar-refractivity contribution in [2.45, 2.75) is 64.9 Å². The number of unbranched alkanes of at least 4 members (excludes halogenated alkanes) is 3. The molecule has 0 saturated heterocycles. The SMILES string of the molecule is CCCCCCC(C)c1csc(C(C)O)n1. The van der Waals surface area contributed by atoms with Crippen molar-refractivity contribution in [3.63, 3.8) is 0 Å². The number of aromatic nitrogens is 1. The minimum Gasteiger partial charge on any atom is -0.386 e. The second kappa shape index (κ2) is 7.02. The Morgan fingerprint density at radius 2 is 2.06 bits per heavy atom. The molecule has 2 nitrogen and oxygen atoms in total. The molecule has 0 aliphatic rings. The summed E-state index contributed by atoms with van der Waals surface area (Å²) < 4.78 is 0. The van der Waals surface area contributed by atoms with E-state index in [4.69, 9.17) is 0 Å². The molecule has 2 atom stereocenters. The lowest BCUT2D eigenvalue weighted by Crippen LogP contribution is -1.96. The third-order valence-corrected chi connectivity index (χ3v) is 3.93. The van der Waals surface area contributed by atoms with Crippen molar-refractivity contribution < 1.29 is 5.11 Å². The van der Waals surface area contributed by atoms with Gasteiger partial charge in [0.05, 0.1) is 5.69 Å². The highest BCUT2D eigenvalue weighted by Gasteiger charge is 2.12. The van der Waals surface area contributed by atoms with Crippen molar-refractivity contribution in [3.8, 4) is 0 Å². The zero-order chi connectivity index (χ0) is 12.0. The predicted molar refractivity (Wildman–Crippen MR) is 69.9 cm³/mol. The van der Waals surface area contributed by atoms with Gasteiger partial charge in [-0.05, 0) is 19.3 Å². The summed E-state index contributed by atoms with van der Waals surface area (Å²) in [6.07, 6.45) is 6.03. The van der Waals surface area contributed by atoms with Crippen LogP contribution < -0.4 is 0 Å². The maximum Gasteiger partial charge on any atom is 0.121 e. The first-order valence-corrected chi connectivity index (χ1v) is 7.16. The minimum absolute atomic E-state index is 0.425. The van der Waals surface area contributed by atoms with Gasteiger partial charge in [-0.25, -0.2) is 4.98 Å². The van der Waals surface area contributed by atoms with E-state index in [9.17, 15) is 5.11 Å². The Balaban J connectivity index is 2.37. The van der Waals surface area contributed by atoms with Gasteiger partial charge in [0.1, 0.15) is 11.1 Å². The van der Waals surface area contributed by atoms with Crippen molar-refractivity contribution in [2.24, 2.45) is 0 Å². The topological polar surface area (TPSA) is 33.1 Å². The molecule has 0 aliphatic heterocycles. The van der Waals surface area contributed by atoms with Crippen LogP contribution in [0.3, 0.4) is 0 Å². The summed E-state index contributed by atoms with van der Waals surface area (Å²) in [6, 6.07) is 0. The molecule has 0 amide bonds. The van der Waals surface area contributed by atoms with E-state index >= 15 is 0 Å². The smallest absolute Gasteiger partial charge is 0.121 e. The highest BCUT2D eigenvalue weighted by molar-refractivity contribution is 7.09. The maximum atomic E-state index is 9.41. The minimum atomic E-state index is -0.425. The summed E-state index contributed by atoms with van der Waals surface area (Å²) in [6.45, 7) is 6.24. The van der Waals surface area contributed by atoms with Crippen LogP contribution in [0.4, 0.5) is 0 Å². The molecule has 1 heterocycles. The molecule has 0 radical (unpaired) electrons. The van der Waals surface area contributed by atoms with Gasteiger partial charge in [-0.15, -0.1) is 11.3 Å². The molecule has 1 aromatic rings. The number of nitrogens with zero attached hydrogens (tertiary/aromatic N) is 1. The highest BCUT2D eigenvalue weighted by Crippen LogP contribution is 2.26. The molecule has 0 fully saturated rings. The van der Waals surface area contributed by atoms with E-state index in [1.165, 1.54) is 32.1 Å². The van der Waals surface area contributed by atoms with Crippen LogP contribution in [0, 0.1) is 0 Å². The van der Waals surface area contributed by atoms with Crippen LogP contribution in [0.1, 0.15) is 75.6 Å². The summed E-state index contributed by atoms with van der Waals surface area (Å²) in [5.74, 6) is 0.528. The van der Waals surface area contributed by atoms with Crippen LogP contribution in [-0.4, -0.2) is 10.1 Å². The average Bonchev–Trinajstić information content (AvgIpc) is 2.73. The average molecular weight is 241 g/mol. The molecule has 1 rings (SSSR count). The van der Waals surface area contributed by atoms with Crippen LogP contribution >= 0.6 is 11.3 Å². The zero-order valence-corrected chi connectivity index (χ0v) is 11.4. The third-order valence-electron chi connectivity index (χ3n) is 2.89. The fourth-order valence-electron chi connectivity index (χ4n) is 1.74. The van der Waals surface area contributed by atoms with Gasteiger partial charge in [-0.3, -0.25) is 0 Å². The highest BCUT2D eigenvalue weighted by atomic mass is 32.1. The van der Waals surface area contributed by atoms with E-state index in [1.807, 2.05) is 0 Å². The summed E-state index contributed by atoms with van der Waals surface area (Å²) >= 11 is 1.57. The molecule has 0 bridgehead atoms. The first-order chi connectivity index (χ1) is 7.65. The Labute approximate surface area is 103 Å². The number of aliphatic hydroxyl groups is 1. The first kappa shape index (κ1) is 13.7. The molecule has 0 aromatic carbocycles. The van der Waals surface area contributed by atoms with Crippen LogP contribution in [0.2, 0.25) is 0 Å². The Morgan fingerprint density at radius 1 is 1.31 bits per heavy atom. The fourth-order valence-corrected chi connectivity index (χ4v) is 2.63. The Hall–Kier alpha value is -0.410. The van der Waals surface area contributed by atoms with E-state index in [-0.39, 0.29) is 0 Å². The largest absolute Gasteiger partial charge is 0.386 e. The van der Waals surface area contributed by atoms with Crippen LogP contribution in [0.15, 0.2) is 5.38 Å². The van der Waals surface area contributed by atoms with E-state index < -0.39 is 6.10 Å². The quantitative estimate of drug-likeness (QED) is 0.723. The summed E-state index contributed by atoms with van der Waals surface area (Å²) in [7, 11) is 0. The van der Waals surface area contributed by atoms with Gasteiger partial charge in [-0.2, -0.15) is 0 Å². The van der Waals surface area contributed by atoms with Crippen LogP contribution in [-0.2, 0) is 0 Å². The first-order valence-electron chi connectivity index (χ1n) is 6.28. The molecule has 92 valence electrons. The van der Waals surface area contributed by atoms with Crippen molar-refractivity contribution >= 4 is 11.3 Å². The normalized spacial score (nSPS) is 15.0. The van der Waals surface area contributed by atoms with Crippen molar-refractivity contribution in [2.75, 3.05) is 0 Å². The molecule has 0 aliphatic carbocycles. The maximum absolute atomic E-state index is 9.41. The molecular weight excluding hydrogens is 218 g/mol. The predicted octanol–water partition coefficient (Wildman–Crippen LogP) is 4.27.